The van der Waals surface area contributed by atoms with Crippen LogP contribution in [0.1, 0.15) is 18.9 Å². The molecular formula is C10H13ClS. The van der Waals surface area contributed by atoms with Crippen LogP contribution in [0.4, 0.5) is 0 Å². The number of rotatable bonds is 3. The lowest BCUT2D eigenvalue weighted by Crippen LogP contribution is -2.05. The van der Waals surface area contributed by atoms with Crippen molar-refractivity contribution < 1.29 is 0 Å². The molecule has 0 saturated heterocycles. The van der Waals surface area contributed by atoms with Crippen molar-refractivity contribution in [3.05, 3.63) is 22.4 Å². The minimum Gasteiger partial charge on any atom is -0.152 e. The van der Waals surface area contributed by atoms with Gasteiger partial charge in [0.2, 0.25) is 0 Å². The Kier molecular flexibility index (Phi) is 2.42. The lowest BCUT2D eigenvalue weighted by Gasteiger charge is -2.05. The Balaban J connectivity index is 1.87. The monoisotopic (exact) mass is 200 g/mol. The summed E-state index contributed by atoms with van der Waals surface area (Å²) in [5.74, 6) is 1.65. The fourth-order valence-corrected chi connectivity index (χ4v) is 2.85. The molecule has 2 rings (SSSR count). The van der Waals surface area contributed by atoms with Gasteiger partial charge in [-0.15, -0.1) is 11.6 Å². The first-order chi connectivity index (χ1) is 5.77. The summed E-state index contributed by atoms with van der Waals surface area (Å²) in [5.41, 5.74) is 1.40. The summed E-state index contributed by atoms with van der Waals surface area (Å²) < 4.78 is 0. The van der Waals surface area contributed by atoms with E-state index in [0.29, 0.717) is 5.38 Å². The maximum absolute atomic E-state index is 6.27. The van der Waals surface area contributed by atoms with Gasteiger partial charge in [0.05, 0.1) is 0 Å². The van der Waals surface area contributed by atoms with Gasteiger partial charge in [0.15, 0.2) is 0 Å². The SMILES string of the molecule is CC1CC1C(Cl)Cc1ccsc1. The summed E-state index contributed by atoms with van der Waals surface area (Å²) in [6, 6.07) is 2.17. The van der Waals surface area contributed by atoms with Crippen molar-refractivity contribution in [3.63, 3.8) is 0 Å². The predicted molar refractivity (Wildman–Crippen MR) is 54.9 cm³/mol. The molecule has 1 aliphatic carbocycles. The Bertz CT molecular complexity index is 242. The second kappa shape index (κ2) is 3.39. The van der Waals surface area contributed by atoms with Crippen LogP contribution in [-0.2, 0) is 6.42 Å². The first-order valence-electron chi connectivity index (χ1n) is 4.42. The van der Waals surface area contributed by atoms with Gasteiger partial charge in [-0.3, -0.25) is 0 Å². The van der Waals surface area contributed by atoms with Crippen molar-refractivity contribution in [2.24, 2.45) is 11.8 Å². The summed E-state index contributed by atoms with van der Waals surface area (Å²) in [4.78, 5) is 0. The van der Waals surface area contributed by atoms with Crippen molar-refractivity contribution in [2.45, 2.75) is 25.1 Å². The molecule has 1 heterocycles. The first-order valence-corrected chi connectivity index (χ1v) is 5.80. The highest BCUT2D eigenvalue weighted by atomic mass is 35.5. The molecule has 0 aliphatic heterocycles. The van der Waals surface area contributed by atoms with Gasteiger partial charge in [0.1, 0.15) is 0 Å². The molecule has 1 saturated carbocycles. The van der Waals surface area contributed by atoms with Crippen LogP contribution in [0.5, 0.6) is 0 Å². The van der Waals surface area contributed by atoms with E-state index in [0.717, 1.165) is 18.3 Å². The van der Waals surface area contributed by atoms with Gasteiger partial charge in [-0.1, -0.05) is 6.92 Å². The number of hydrogen-bond donors (Lipinski definition) is 0. The fraction of sp³-hybridized carbons (Fsp3) is 0.600. The van der Waals surface area contributed by atoms with Gasteiger partial charge >= 0.3 is 0 Å². The van der Waals surface area contributed by atoms with Crippen molar-refractivity contribution in [2.75, 3.05) is 0 Å². The molecule has 0 N–H and O–H groups in total. The summed E-state index contributed by atoms with van der Waals surface area (Å²) in [5, 5.41) is 4.69. The van der Waals surface area contributed by atoms with Crippen molar-refractivity contribution in [1.82, 2.24) is 0 Å². The Hall–Kier alpha value is -0.0100. The summed E-state index contributed by atoms with van der Waals surface area (Å²) in [6.07, 6.45) is 2.39. The van der Waals surface area contributed by atoms with Crippen LogP contribution in [0.15, 0.2) is 16.8 Å². The van der Waals surface area contributed by atoms with E-state index in [1.807, 2.05) is 0 Å². The average molecular weight is 201 g/mol. The molecule has 66 valence electrons. The van der Waals surface area contributed by atoms with Gasteiger partial charge in [0.25, 0.3) is 0 Å². The van der Waals surface area contributed by atoms with Crippen LogP contribution in [0.25, 0.3) is 0 Å². The highest BCUT2D eigenvalue weighted by Crippen LogP contribution is 2.43. The molecule has 12 heavy (non-hydrogen) atoms. The molecule has 0 nitrogen and oxygen atoms in total. The molecule has 1 aromatic rings. The number of alkyl halides is 1. The number of halogens is 1. The van der Waals surface area contributed by atoms with E-state index in [2.05, 4.69) is 23.8 Å². The van der Waals surface area contributed by atoms with Gasteiger partial charge in [-0.2, -0.15) is 11.3 Å². The highest BCUT2D eigenvalue weighted by molar-refractivity contribution is 7.07. The fourth-order valence-electron chi connectivity index (χ4n) is 1.64. The zero-order valence-corrected chi connectivity index (χ0v) is 8.74. The first kappa shape index (κ1) is 8.58. The van der Waals surface area contributed by atoms with Gasteiger partial charge in [-0.05, 0) is 47.1 Å². The smallest absolute Gasteiger partial charge is 0.0407 e. The molecule has 0 amide bonds. The third-order valence-electron chi connectivity index (χ3n) is 2.65. The third-order valence-corrected chi connectivity index (χ3v) is 3.86. The zero-order valence-electron chi connectivity index (χ0n) is 7.16. The molecule has 0 bridgehead atoms. The Morgan fingerprint density at radius 1 is 1.75 bits per heavy atom. The number of thiophene rings is 1. The molecule has 1 aliphatic rings. The van der Waals surface area contributed by atoms with Crippen LogP contribution in [0.2, 0.25) is 0 Å². The second-order valence-corrected chi connectivity index (χ2v) is 5.07. The van der Waals surface area contributed by atoms with Gasteiger partial charge in [-0.25, -0.2) is 0 Å². The maximum Gasteiger partial charge on any atom is 0.0407 e. The highest BCUT2D eigenvalue weighted by Gasteiger charge is 2.38. The van der Waals surface area contributed by atoms with E-state index < -0.39 is 0 Å². The van der Waals surface area contributed by atoms with Gasteiger partial charge < -0.3 is 0 Å². The Morgan fingerprint density at radius 3 is 3.00 bits per heavy atom. The third kappa shape index (κ3) is 1.83. The molecule has 1 aromatic heterocycles. The molecule has 3 unspecified atom stereocenters. The molecule has 0 spiro atoms. The lowest BCUT2D eigenvalue weighted by atomic mass is 10.1. The normalized spacial score (nSPS) is 30.2. The molecule has 2 heteroatoms. The van der Waals surface area contributed by atoms with E-state index in [1.54, 1.807) is 11.3 Å². The van der Waals surface area contributed by atoms with E-state index in [1.165, 1.54) is 12.0 Å². The average Bonchev–Trinajstić information content (AvgIpc) is 2.58. The van der Waals surface area contributed by atoms with Crippen LogP contribution in [-0.4, -0.2) is 5.38 Å². The van der Waals surface area contributed by atoms with E-state index in [4.69, 9.17) is 11.6 Å². The van der Waals surface area contributed by atoms with E-state index in [-0.39, 0.29) is 0 Å². The minimum atomic E-state index is 0.370. The zero-order chi connectivity index (χ0) is 8.55. The van der Waals surface area contributed by atoms with Crippen molar-refractivity contribution in [1.29, 1.82) is 0 Å². The van der Waals surface area contributed by atoms with Gasteiger partial charge in [0, 0.05) is 5.38 Å². The topological polar surface area (TPSA) is 0 Å². The maximum atomic E-state index is 6.27. The van der Waals surface area contributed by atoms with Crippen molar-refractivity contribution in [3.8, 4) is 0 Å². The minimum absolute atomic E-state index is 0.370. The van der Waals surface area contributed by atoms with E-state index >= 15 is 0 Å². The molecule has 1 fully saturated rings. The molecule has 0 aromatic carbocycles. The Morgan fingerprint density at radius 2 is 2.50 bits per heavy atom. The lowest BCUT2D eigenvalue weighted by molar-refractivity contribution is 0.684. The largest absolute Gasteiger partial charge is 0.152 e. The van der Waals surface area contributed by atoms with E-state index in [9.17, 15) is 0 Å². The van der Waals surface area contributed by atoms with Crippen molar-refractivity contribution >= 4 is 22.9 Å². The molecular weight excluding hydrogens is 188 g/mol. The van der Waals surface area contributed by atoms with Crippen LogP contribution < -0.4 is 0 Å². The van der Waals surface area contributed by atoms with Crippen LogP contribution in [0, 0.1) is 11.8 Å². The van der Waals surface area contributed by atoms with Crippen LogP contribution in [0.3, 0.4) is 0 Å². The predicted octanol–water partition coefficient (Wildman–Crippen LogP) is 3.55. The molecule has 3 atom stereocenters. The molecule has 0 radical (unpaired) electrons. The number of hydrogen-bond acceptors (Lipinski definition) is 1. The van der Waals surface area contributed by atoms with Crippen LogP contribution >= 0.6 is 22.9 Å². The summed E-state index contributed by atoms with van der Waals surface area (Å²) >= 11 is 8.03. The Labute approximate surface area is 82.6 Å². The quantitative estimate of drug-likeness (QED) is 0.655. The standard InChI is InChI=1S/C10H13ClS/c1-7-4-9(7)10(11)5-8-2-3-12-6-8/h2-3,6-7,9-10H,4-5H2,1H3. The summed E-state index contributed by atoms with van der Waals surface area (Å²) in [7, 11) is 0. The summed E-state index contributed by atoms with van der Waals surface area (Å²) in [6.45, 7) is 2.29. The second-order valence-electron chi connectivity index (χ2n) is 3.73.